The fraction of sp³-hybridized carbons (Fsp3) is 0.917. The van der Waals surface area contributed by atoms with Crippen LogP contribution >= 0.6 is 0 Å². The summed E-state index contributed by atoms with van der Waals surface area (Å²) in [6.45, 7) is 9.24. The number of rotatable bonds is 1. The SMILES string of the molecule is CC(C)(C)OC(=O)N1CC2(CN)CC1(C)C2. The number of hydrogen-bond acceptors (Lipinski definition) is 3. The lowest BCUT2D eigenvalue weighted by atomic mass is 9.63. The van der Waals surface area contributed by atoms with E-state index in [-0.39, 0.29) is 17.0 Å². The first-order valence-corrected chi connectivity index (χ1v) is 5.91. The van der Waals surface area contributed by atoms with Crippen LogP contribution in [0.5, 0.6) is 0 Å². The number of amides is 1. The van der Waals surface area contributed by atoms with Crippen LogP contribution in [-0.4, -0.2) is 35.2 Å². The van der Waals surface area contributed by atoms with E-state index in [9.17, 15) is 4.79 Å². The van der Waals surface area contributed by atoms with E-state index in [1.807, 2.05) is 25.7 Å². The first-order valence-electron chi connectivity index (χ1n) is 5.91. The number of carbonyl (C=O) groups is 1. The van der Waals surface area contributed by atoms with Crippen molar-refractivity contribution in [1.29, 1.82) is 0 Å². The van der Waals surface area contributed by atoms with Crippen molar-refractivity contribution in [2.75, 3.05) is 13.1 Å². The van der Waals surface area contributed by atoms with Crippen LogP contribution in [0.2, 0.25) is 0 Å². The molecule has 1 saturated carbocycles. The zero-order valence-corrected chi connectivity index (χ0v) is 10.7. The lowest BCUT2D eigenvalue weighted by Crippen LogP contribution is -2.51. The minimum atomic E-state index is -0.420. The van der Waals surface area contributed by atoms with Gasteiger partial charge in [-0.15, -0.1) is 0 Å². The van der Waals surface area contributed by atoms with Crippen molar-refractivity contribution in [3.8, 4) is 0 Å². The Bertz CT molecular complexity index is 313. The summed E-state index contributed by atoms with van der Waals surface area (Å²) in [6, 6.07) is 0. The number of nitrogens with two attached hydrogens (primary N) is 1. The molecule has 4 nitrogen and oxygen atoms in total. The molecule has 0 spiro atoms. The van der Waals surface area contributed by atoms with Crippen molar-refractivity contribution in [1.82, 2.24) is 4.90 Å². The highest BCUT2D eigenvalue weighted by molar-refractivity contribution is 5.71. The maximum atomic E-state index is 12.0. The molecule has 92 valence electrons. The van der Waals surface area contributed by atoms with Crippen LogP contribution in [-0.2, 0) is 4.74 Å². The Morgan fingerprint density at radius 2 is 2.00 bits per heavy atom. The van der Waals surface area contributed by atoms with Gasteiger partial charge >= 0.3 is 6.09 Å². The molecule has 0 aromatic rings. The quantitative estimate of drug-likeness (QED) is 0.741. The van der Waals surface area contributed by atoms with E-state index in [0.29, 0.717) is 6.54 Å². The summed E-state index contributed by atoms with van der Waals surface area (Å²) in [4.78, 5) is 13.9. The Labute approximate surface area is 97.1 Å². The monoisotopic (exact) mass is 226 g/mol. The third kappa shape index (κ3) is 1.69. The lowest BCUT2D eigenvalue weighted by molar-refractivity contribution is 0.00774. The molecule has 0 atom stereocenters. The average Bonchev–Trinajstić information content (AvgIpc) is 2.50. The smallest absolute Gasteiger partial charge is 0.410 e. The fourth-order valence-electron chi connectivity index (χ4n) is 3.20. The number of carbonyl (C=O) groups excluding carboxylic acids is 1. The Balaban J connectivity index is 2.05. The van der Waals surface area contributed by atoms with Gasteiger partial charge in [-0.1, -0.05) is 0 Å². The molecule has 3 fully saturated rings. The Morgan fingerprint density at radius 1 is 1.44 bits per heavy atom. The number of ether oxygens (including phenoxy) is 1. The van der Waals surface area contributed by atoms with Crippen LogP contribution < -0.4 is 5.73 Å². The Hall–Kier alpha value is -0.770. The van der Waals surface area contributed by atoms with Crippen LogP contribution in [0.1, 0.15) is 40.5 Å². The van der Waals surface area contributed by atoms with Gasteiger partial charge in [0.1, 0.15) is 5.60 Å². The van der Waals surface area contributed by atoms with Gasteiger partial charge in [0.2, 0.25) is 0 Å². The molecule has 1 aliphatic carbocycles. The number of hydrogen-bond donors (Lipinski definition) is 1. The predicted molar refractivity (Wildman–Crippen MR) is 62.1 cm³/mol. The first-order chi connectivity index (χ1) is 7.20. The summed E-state index contributed by atoms with van der Waals surface area (Å²) in [5.41, 5.74) is 5.52. The summed E-state index contributed by atoms with van der Waals surface area (Å²) in [5.74, 6) is 0. The molecule has 2 bridgehead atoms. The van der Waals surface area contributed by atoms with Crippen molar-refractivity contribution in [2.24, 2.45) is 11.1 Å². The largest absolute Gasteiger partial charge is 0.444 e. The minimum Gasteiger partial charge on any atom is -0.444 e. The van der Waals surface area contributed by atoms with Crippen molar-refractivity contribution in [3.63, 3.8) is 0 Å². The van der Waals surface area contributed by atoms with Crippen LogP contribution in [0.15, 0.2) is 0 Å². The lowest BCUT2D eigenvalue weighted by Gasteiger charge is -2.44. The molecule has 1 amide bonds. The van der Waals surface area contributed by atoms with Gasteiger partial charge in [0, 0.05) is 17.5 Å². The molecule has 3 aliphatic rings. The van der Waals surface area contributed by atoms with Crippen LogP contribution in [0.3, 0.4) is 0 Å². The fourth-order valence-corrected chi connectivity index (χ4v) is 3.20. The number of nitrogens with zero attached hydrogens (tertiary/aromatic N) is 1. The normalized spacial score (nSPS) is 37.2. The predicted octanol–water partition coefficient (Wildman–Crippen LogP) is 1.73. The van der Waals surface area contributed by atoms with Gasteiger partial charge in [-0.25, -0.2) is 4.79 Å². The second kappa shape index (κ2) is 3.13. The van der Waals surface area contributed by atoms with E-state index in [0.717, 1.165) is 19.4 Å². The maximum absolute atomic E-state index is 12.0. The van der Waals surface area contributed by atoms with Crippen molar-refractivity contribution in [2.45, 2.75) is 51.7 Å². The van der Waals surface area contributed by atoms with Crippen LogP contribution in [0.4, 0.5) is 4.79 Å². The molecule has 2 N–H and O–H groups in total. The minimum absolute atomic E-state index is 0.0122. The van der Waals surface area contributed by atoms with Gasteiger partial charge in [0.05, 0.1) is 0 Å². The highest BCUT2D eigenvalue weighted by Crippen LogP contribution is 2.58. The van der Waals surface area contributed by atoms with Gasteiger partial charge in [-0.05, 0) is 47.1 Å². The van der Waals surface area contributed by atoms with Gasteiger partial charge < -0.3 is 15.4 Å². The van der Waals surface area contributed by atoms with Crippen molar-refractivity contribution < 1.29 is 9.53 Å². The molecule has 2 saturated heterocycles. The van der Waals surface area contributed by atoms with Crippen molar-refractivity contribution >= 4 is 6.09 Å². The van der Waals surface area contributed by atoms with Crippen LogP contribution in [0.25, 0.3) is 0 Å². The van der Waals surface area contributed by atoms with Crippen LogP contribution in [0, 0.1) is 5.41 Å². The first kappa shape index (κ1) is 11.7. The van der Waals surface area contributed by atoms with E-state index in [1.165, 1.54) is 0 Å². The second-order valence-corrected chi connectivity index (χ2v) is 6.62. The summed E-state index contributed by atoms with van der Waals surface area (Å²) in [5, 5.41) is 0. The zero-order chi connectivity index (χ0) is 12.2. The van der Waals surface area contributed by atoms with E-state index in [4.69, 9.17) is 10.5 Å². The van der Waals surface area contributed by atoms with E-state index < -0.39 is 5.60 Å². The molecule has 2 heterocycles. The topological polar surface area (TPSA) is 55.6 Å². The Kier molecular flexibility index (Phi) is 2.29. The highest BCUT2D eigenvalue weighted by Gasteiger charge is 2.64. The highest BCUT2D eigenvalue weighted by atomic mass is 16.6. The molecular weight excluding hydrogens is 204 g/mol. The van der Waals surface area contributed by atoms with Gasteiger partial charge in [-0.2, -0.15) is 0 Å². The molecule has 0 aromatic carbocycles. The second-order valence-electron chi connectivity index (χ2n) is 6.62. The molecule has 16 heavy (non-hydrogen) atoms. The van der Waals surface area contributed by atoms with Gasteiger partial charge in [0.25, 0.3) is 0 Å². The maximum Gasteiger partial charge on any atom is 0.410 e. The zero-order valence-electron chi connectivity index (χ0n) is 10.7. The van der Waals surface area contributed by atoms with E-state index >= 15 is 0 Å². The molecule has 0 aromatic heterocycles. The Morgan fingerprint density at radius 3 is 2.38 bits per heavy atom. The molecule has 0 unspecified atom stereocenters. The average molecular weight is 226 g/mol. The summed E-state index contributed by atoms with van der Waals surface area (Å²) < 4.78 is 5.42. The summed E-state index contributed by atoms with van der Waals surface area (Å²) in [7, 11) is 0. The molecule has 3 rings (SSSR count). The summed E-state index contributed by atoms with van der Waals surface area (Å²) in [6.07, 6.45) is 1.86. The van der Waals surface area contributed by atoms with Gasteiger partial charge in [0.15, 0.2) is 0 Å². The van der Waals surface area contributed by atoms with Gasteiger partial charge in [-0.3, -0.25) is 0 Å². The molecule has 4 heteroatoms. The van der Waals surface area contributed by atoms with E-state index in [1.54, 1.807) is 0 Å². The third-order valence-corrected chi connectivity index (χ3v) is 3.70. The molecule has 2 aliphatic heterocycles. The standard InChI is InChI=1S/C12H22N2O2/c1-10(2,3)16-9(15)14-8-12(7-13)5-11(14,4)6-12/h5-8,13H2,1-4H3. The molecular formula is C12H22N2O2. The third-order valence-electron chi connectivity index (χ3n) is 3.70. The van der Waals surface area contributed by atoms with Crippen molar-refractivity contribution in [3.05, 3.63) is 0 Å². The number of fused-ring (bicyclic) bond motifs is 1. The summed E-state index contributed by atoms with van der Waals surface area (Å²) >= 11 is 0. The molecule has 0 radical (unpaired) electrons. The van der Waals surface area contributed by atoms with E-state index in [2.05, 4.69) is 6.92 Å².